The Morgan fingerprint density at radius 1 is 1.13 bits per heavy atom. The Kier molecular flexibility index (Phi) is 7.79. The predicted molar refractivity (Wildman–Crippen MR) is 67.7 cm³/mol. The van der Waals surface area contributed by atoms with E-state index in [1.54, 1.807) is 7.11 Å². The molecule has 1 aromatic carbocycles. The van der Waals surface area contributed by atoms with Crippen LogP contribution in [0.1, 0.15) is 45.2 Å². The first-order valence-corrected chi connectivity index (χ1v) is 5.97. The van der Waals surface area contributed by atoms with Crippen LogP contribution in [0, 0.1) is 0 Å². The molecule has 0 heterocycles. The number of hydrogen-bond donors (Lipinski definition) is 0. The Labute approximate surface area is 94.5 Å². The van der Waals surface area contributed by atoms with E-state index in [9.17, 15) is 0 Å². The van der Waals surface area contributed by atoms with Crippen molar-refractivity contribution >= 4 is 0 Å². The summed E-state index contributed by atoms with van der Waals surface area (Å²) in [5.74, 6) is 1.02. The SMILES string of the molecule is CC.CCCc1ccc(OC)c(CC)c1. The van der Waals surface area contributed by atoms with Crippen molar-refractivity contribution < 1.29 is 4.74 Å². The molecular formula is C14H24O. The third kappa shape index (κ3) is 4.37. The molecule has 1 nitrogen and oxygen atoms in total. The van der Waals surface area contributed by atoms with Crippen LogP contribution in [0.4, 0.5) is 0 Å². The van der Waals surface area contributed by atoms with E-state index in [1.807, 2.05) is 13.8 Å². The molecule has 0 saturated heterocycles. The second-order valence-electron chi connectivity index (χ2n) is 3.25. The highest BCUT2D eigenvalue weighted by atomic mass is 16.5. The highest BCUT2D eigenvalue weighted by molar-refractivity contribution is 5.37. The summed E-state index contributed by atoms with van der Waals surface area (Å²) in [5, 5.41) is 0. The molecule has 0 aliphatic carbocycles. The summed E-state index contributed by atoms with van der Waals surface area (Å²) in [7, 11) is 1.73. The van der Waals surface area contributed by atoms with Crippen molar-refractivity contribution in [3.8, 4) is 5.75 Å². The summed E-state index contributed by atoms with van der Waals surface area (Å²) < 4.78 is 5.27. The van der Waals surface area contributed by atoms with Gasteiger partial charge in [-0.2, -0.15) is 0 Å². The fraction of sp³-hybridized carbons (Fsp3) is 0.571. The summed E-state index contributed by atoms with van der Waals surface area (Å²) in [5.41, 5.74) is 2.73. The molecule has 0 bridgehead atoms. The fourth-order valence-corrected chi connectivity index (χ4v) is 1.55. The molecule has 1 aromatic rings. The molecule has 0 unspecified atom stereocenters. The summed E-state index contributed by atoms with van der Waals surface area (Å²) >= 11 is 0. The van der Waals surface area contributed by atoms with Gasteiger partial charge >= 0.3 is 0 Å². The van der Waals surface area contributed by atoms with Gasteiger partial charge in [0.2, 0.25) is 0 Å². The van der Waals surface area contributed by atoms with Gasteiger partial charge in [0.05, 0.1) is 7.11 Å². The molecule has 0 N–H and O–H groups in total. The van der Waals surface area contributed by atoms with E-state index in [0.717, 1.165) is 18.6 Å². The van der Waals surface area contributed by atoms with Crippen molar-refractivity contribution in [2.45, 2.75) is 47.0 Å². The van der Waals surface area contributed by atoms with Gasteiger partial charge in [0.25, 0.3) is 0 Å². The largest absolute Gasteiger partial charge is 0.496 e. The van der Waals surface area contributed by atoms with Crippen molar-refractivity contribution in [1.82, 2.24) is 0 Å². The van der Waals surface area contributed by atoms with Crippen molar-refractivity contribution in [1.29, 1.82) is 0 Å². The molecule has 0 aromatic heterocycles. The third-order valence-corrected chi connectivity index (χ3v) is 2.26. The van der Waals surface area contributed by atoms with E-state index in [-0.39, 0.29) is 0 Å². The van der Waals surface area contributed by atoms with Gasteiger partial charge in [-0.15, -0.1) is 0 Å². The van der Waals surface area contributed by atoms with E-state index in [1.165, 1.54) is 17.5 Å². The van der Waals surface area contributed by atoms with Crippen molar-refractivity contribution in [2.24, 2.45) is 0 Å². The number of rotatable bonds is 4. The Morgan fingerprint density at radius 2 is 1.80 bits per heavy atom. The van der Waals surface area contributed by atoms with Gasteiger partial charge < -0.3 is 4.74 Å². The number of hydrogen-bond acceptors (Lipinski definition) is 1. The van der Waals surface area contributed by atoms with Crippen molar-refractivity contribution in [3.63, 3.8) is 0 Å². The minimum atomic E-state index is 1.02. The molecule has 0 saturated carbocycles. The zero-order chi connectivity index (χ0) is 11.7. The molecule has 0 fully saturated rings. The average Bonchev–Trinajstić information content (AvgIpc) is 2.32. The summed E-state index contributed by atoms with van der Waals surface area (Å²) in [6.45, 7) is 8.36. The number of methoxy groups -OCH3 is 1. The average molecular weight is 208 g/mol. The lowest BCUT2D eigenvalue weighted by Gasteiger charge is -2.08. The number of ether oxygens (including phenoxy) is 1. The van der Waals surface area contributed by atoms with Gasteiger partial charge in [0.1, 0.15) is 5.75 Å². The summed E-state index contributed by atoms with van der Waals surface area (Å²) in [6, 6.07) is 6.48. The molecule has 1 rings (SSSR count). The Hall–Kier alpha value is -0.980. The molecule has 0 aliphatic rings. The third-order valence-electron chi connectivity index (χ3n) is 2.26. The van der Waals surface area contributed by atoms with Gasteiger partial charge in [-0.1, -0.05) is 46.2 Å². The van der Waals surface area contributed by atoms with E-state index in [4.69, 9.17) is 4.74 Å². The Morgan fingerprint density at radius 3 is 2.27 bits per heavy atom. The minimum Gasteiger partial charge on any atom is -0.496 e. The maximum atomic E-state index is 5.27. The van der Waals surface area contributed by atoms with E-state index in [2.05, 4.69) is 32.0 Å². The van der Waals surface area contributed by atoms with Crippen LogP contribution in [0.2, 0.25) is 0 Å². The molecule has 0 spiro atoms. The van der Waals surface area contributed by atoms with Crippen LogP contribution in [0.5, 0.6) is 5.75 Å². The van der Waals surface area contributed by atoms with Crippen molar-refractivity contribution in [3.05, 3.63) is 29.3 Å². The summed E-state index contributed by atoms with van der Waals surface area (Å²) in [4.78, 5) is 0. The molecule has 86 valence electrons. The van der Waals surface area contributed by atoms with Crippen LogP contribution in [0.3, 0.4) is 0 Å². The lowest BCUT2D eigenvalue weighted by molar-refractivity contribution is 0.410. The van der Waals surface area contributed by atoms with Crippen LogP contribution in [-0.4, -0.2) is 7.11 Å². The van der Waals surface area contributed by atoms with E-state index >= 15 is 0 Å². The normalized spacial score (nSPS) is 9.13. The van der Waals surface area contributed by atoms with Gasteiger partial charge in [0, 0.05) is 0 Å². The van der Waals surface area contributed by atoms with E-state index < -0.39 is 0 Å². The maximum absolute atomic E-state index is 5.27. The second kappa shape index (κ2) is 8.34. The standard InChI is InChI=1S/C12H18O.C2H6/c1-4-6-10-7-8-12(13-3)11(5-2)9-10;1-2/h7-9H,4-6H2,1-3H3;1-2H3. The van der Waals surface area contributed by atoms with Crippen molar-refractivity contribution in [2.75, 3.05) is 7.11 Å². The van der Waals surface area contributed by atoms with Crippen LogP contribution in [0.25, 0.3) is 0 Å². The van der Waals surface area contributed by atoms with Gasteiger partial charge in [-0.3, -0.25) is 0 Å². The van der Waals surface area contributed by atoms with Gasteiger partial charge in [0.15, 0.2) is 0 Å². The lowest BCUT2D eigenvalue weighted by atomic mass is 10.0. The van der Waals surface area contributed by atoms with Crippen LogP contribution in [0.15, 0.2) is 18.2 Å². The Balaban J connectivity index is 0.000000921. The zero-order valence-electron chi connectivity index (χ0n) is 10.8. The molecule has 0 amide bonds. The zero-order valence-corrected chi connectivity index (χ0v) is 10.8. The topological polar surface area (TPSA) is 9.23 Å². The molecule has 0 aliphatic heterocycles. The molecule has 15 heavy (non-hydrogen) atoms. The Bertz CT molecular complexity index is 266. The molecule has 1 heteroatoms. The lowest BCUT2D eigenvalue weighted by Crippen LogP contribution is -1.92. The molecular weight excluding hydrogens is 184 g/mol. The first-order valence-electron chi connectivity index (χ1n) is 5.97. The fourth-order valence-electron chi connectivity index (χ4n) is 1.55. The van der Waals surface area contributed by atoms with Gasteiger partial charge in [-0.05, 0) is 30.0 Å². The van der Waals surface area contributed by atoms with Crippen LogP contribution < -0.4 is 4.74 Å². The van der Waals surface area contributed by atoms with E-state index in [0.29, 0.717) is 0 Å². The summed E-state index contributed by atoms with van der Waals surface area (Å²) in [6.07, 6.45) is 3.41. The highest BCUT2D eigenvalue weighted by Gasteiger charge is 2.01. The number of aryl methyl sites for hydroxylation is 2. The quantitative estimate of drug-likeness (QED) is 0.719. The monoisotopic (exact) mass is 208 g/mol. The maximum Gasteiger partial charge on any atom is 0.122 e. The smallest absolute Gasteiger partial charge is 0.122 e. The molecule has 0 atom stereocenters. The highest BCUT2D eigenvalue weighted by Crippen LogP contribution is 2.20. The first-order chi connectivity index (χ1) is 7.31. The van der Waals surface area contributed by atoms with Gasteiger partial charge in [-0.25, -0.2) is 0 Å². The predicted octanol–water partition coefficient (Wildman–Crippen LogP) is 4.24. The minimum absolute atomic E-state index is 1.02. The van der Waals surface area contributed by atoms with Crippen LogP contribution in [-0.2, 0) is 12.8 Å². The molecule has 0 radical (unpaired) electrons. The number of benzene rings is 1. The van der Waals surface area contributed by atoms with Crippen LogP contribution >= 0.6 is 0 Å². The second-order valence-corrected chi connectivity index (χ2v) is 3.25. The first kappa shape index (κ1) is 14.0.